The first-order chi connectivity index (χ1) is 3.13. The van der Waals surface area contributed by atoms with Gasteiger partial charge in [0.25, 0.3) is 6.43 Å². The summed E-state index contributed by atoms with van der Waals surface area (Å²) in [7, 11) is 0. The third-order valence-corrected chi connectivity index (χ3v) is 0.459. The molecule has 0 saturated carbocycles. The summed E-state index contributed by atoms with van der Waals surface area (Å²) in [4.78, 5) is 0. The molecule has 0 saturated heterocycles. The van der Waals surface area contributed by atoms with Gasteiger partial charge < -0.3 is 0 Å². The fourth-order valence-electron chi connectivity index (χ4n) is 0.252. The van der Waals surface area contributed by atoms with Gasteiger partial charge in [-0.05, 0) is 19.9 Å². The van der Waals surface area contributed by atoms with Gasteiger partial charge in [0.15, 0.2) is 0 Å². The molecule has 0 bridgehead atoms. The smallest absolute Gasteiger partial charge is 0.206 e. The number of alkyl halides is 2. The van der Waals surface area contributed by atoms with Gasteiger partial charge in [0.2, 0.25) is 0 Å². The molecule has 0 atom stereocenters. The molecular formula is C5H8F2. The molecule has 0 rings (SSSR count). The number of hydrogen-bond acceptors (Lipinski definition) is 0. The van der Waals surface area contributed by atoms with Gasteiger partial charge in [0.05, 0.1) is 0 Å². The molecule has 0 nitrogen and oxygen atoms in total. The zero-order valence-electron chi connectivity index (χ0n) is 4.41. The van der Waals surface area contributed by atoms with Gasteiger partial charge in [-0.1, -0.05) is 5.57 Å². The predicted molar refractivity (Wildman–Crippen MR) is 25.4 cm³/mol. The van der Waals surface area contributed by atoms with Gasteiger partial charge in [0.1, 0.15) is 0 Å². The standard InChI is InChI=1S/C5H8F2/c1-4(2)3-5(6)7/h3,5H,1-2H3. The van der Waals surface area contributed by atoms with Crippen LogP contribution >= 0.6 is 0 Å². The van der Waals surface area contributed by atoms with E-state index in [-0.39, 0.29) is 0 Å². The largest absolute Gasteiger partial charge is 0.257 e. The maximum atomic E-state index is 11.2. The van der Waals surface area contributed by atoms with Crippen LogP contribution in [0.25, 0.3) is 0 Å². The zero-order valence-corrected chi connectivity index (χ0v) is 4.41. The van der Waals surface area contributed by atoms with Gasteiger partial charge in [-0.25, -0.2) is 8.78 Å². The molecule has 0 N–H and O–H groups in total. The van der Waals surface area contributed by atoms with Gasteiger partial charge in [-0.3, -0.25) is 0 Å². The molecule has 0 spiro atoms. The minimum absolute atomic E-state index is 0.662. The van der Waals surface area contributed by atoms with Crippen LogP contribution in [-0.2, 0) is 0 Å². The molecule has 0 radical (unpaired) electrons. The van der Waals surface area contributed by atoms with Crippen LogP contribution in [0, 0.1) is 0 Å². The van der Waals surface area contributed by atoms with Crippen LogP contribution in [-0.4, -0.2) is 6.43 Å². The van der Waals surface area contributed by atoms with Crippen molar-refractivity contribution in [1.82, 2.24) is 0 Å². The van der Waals surface area contributed by atoms with Gasteiger partial charge in [-0.15, -0.1) is 0 Å². The molecule has 0 aromatic heterocycles. The van der Waals surface area contributed by atoms with Crippen LogP contribution in [0.1, 0.15) is 13.8 Å². The summed E-state index contributed by atoms with van der Waals surface area (Å²) in [6, 6.07) is 0. The summed E-state index contributed by atoms with van der Waals surface area (Å²) < 4.78 is 22.4. The summed E-state index contributed by atoms with van der Waals surface area (Å²) in [5.41, 5.74) is 0.662. The van der Waals surface area contributed by atoms with Gasteiger partial charge in [-0.2, -0.15) is 0 Å². The second kappa shape index (κ2) is 2.72. The molecule has 42 valence electrons. The van der Waals surface area contributed by atoms with Crippen LogP contribution < -0.4 is 0 Å². The molecule has 2 heteroatoms. The lowest BCUT2D eigenvalue weighted by molar-refractivity contribution is 0.203. The fourth-order valence-corrected chi connectivity index (χ4v) is 0.252. The van der Waals surface area contributed by atoms with Crippen molar-refractivity contribution in [1.29, 1.82) is 0 Å². The quantitative estimate of drug-likeness (QED) is 0.449. The lowest BCUT2D eigenvalue weighted by atomic mass is 10.3. The van der Waals surface area contributed by atoms with E-state index in [1.165, 1.54) is 0 Å². The van der Waals surface area contributed by atoms with E-state index in [1.807, 2.05) is 0 Å². The van der Waals surface area contributed by atoms with E-state index >= 15 is 0 Å². The Morgan fingerprint density at radius 1 is 1.43 bits per heavy atom. The molecular weight excluding hydrogens is 98.1 g/mol. The Kier molecular flexibility index (Phi) is 2.56. The SMILES string of the molecule is CC(C)=CC(F)F. The third kappa shape index (κ3) is 5.60. The fraction of sp³-hybridized carbons (Fsp3) is 0.600. The minimum Gasteiger partial charge on any atom is -0.206 e. The highest BCUT2D eigenvalue weighted by molar-refractivity contribution is 4.94. The Morgan fingerprint density at radius 2 is 1.86 bits per heavy atom. The Morgan fingerprint density at radius 3 is 1.86 bits per heavy atom. The molecule has 0 aliphatic heterocycles. The number of hydrogen-bond donors (Lipinski definition) is 0. The maximum Gasteiger partial charge on any atom is 0.257 e. The van der Waals surface area contributed by atoms with E-state index in [4.69, 9.17) is 0 Å². The summed E-state index contributed by atoms with van der Waals surface area (Å²) in [5.74, 6) is 0. The monoisotopic (exact) mass is 106 g/mol. The predicted octanol–water partition coefficient (Wildman–Crippen LogP) is 2.22. The highest BCUT2D eigenvalue weighted by atomic mass is 19.3. The molecule has 0 aliphatic carbocycles. The topological polar surface area (TPSA) is 0 Å². The van der Waals surface area contributed by atoms with Crippen molar-refractivity contribution >= 4 is 0 Å². The van der Waals surface area contributed by atoms with Gasteiger partial charge in [0, 0.05) is 0 Å². The van der Waals surface area contributed by atoms with E-state index in [9.17, 15) is 8.78 Å². The zero-order chi connectivity index (χ0) is 5.86. The molecule has 0 amide bonds. The Labute approximate surface area is 41.8 Å². The van der Waals surface area contributed by atoms with Crippen LogP contribution in [0.2, 0.25) is 0 Å². The van der Waals surface area contributed by atoms with Crippen molar-refractivity contribution < 1.29 is 8.78 Å². The highest BCUT2D eigenvalue weighted by Gasteiger charge is 1.91. The third-order valence-electron chi connectivity index (χ3n) is 0.459. The van der Waals surface area contributed by atoms with E-state index in [2.05, 4.69) is 0 Å². The molecule has 0 aromatic carbocycles. The number of allylic oxidation sites excluding steroid dienone is 2. The molecule has 0 aliphatic rings. The van der Waals surface area contributed by atoms with Crippen molar-refractivity contribution in [3.05, 3.63) is 11.6 Å². The van der Waals surface area contributed by atoms with Crippen molar-refractivity contribution in [3.63, 3.8) is 0 Å². The van der Waals surface area contributed by atoms with Crippen molar-refractivity contribution in [3.8, 4) is 0 Å². The lowest BCUT2D eigenvalue weighted by Crippen LogP contribution is -1.80. The molecule has 0 aromatic rings. The van der Waals surface area contributed by atoms with Crippen LogP contribution in [0.5, 0.6) is 0 Å². The minimum atomic E-state index is -2.29. The summed E-state index contributed by atoms with van der Waals surface area (Å²) in [5, 5.41) is 0. The van der Waals surface area contributed by atoms with E-state index in [0.29, 0.717) is 5.57 Å². The molecule has 0 unspecified atom stereocenters. The highest BCUT2D eigenvalue weighted by Crippen LogP contribution is 1.98. The Hall–Kier alpha value is -0.400. The average Bonchev–Trinajstić information content (AvgIpc) is 1.27. The molecule has 7 heavy (non-hydrogen) atoms. The Bertz CT molecular complexity index is 70.1. The number of rotatable bonds is 1. The Balaban J connectivity index is 3.45. The first kappa shape index (κ1) is 6.60. The second-order valence-electron chi connectivity index (χ2n) is 1.58. The molecule has 0 fully saturated rings. The first-order valence-electron chi connectivity index (χ1n) is 2.06. The van der Waals surface area contributed by atoms with E-state index < -0.39 is 6.43 Å². The maximum absolute atomic E-state index is 11.2. The van der Waals surface area contributed by atoms with Gasteiger partial charge >= 0.3 is 0 Å². The summed E-state index contributed by atoms with van der Waals surface area (Å²) in [6.45, 7) is 3.29. The van der Waals surface area contributed by atoms with Crippen molar-refractivity contribution in [2.24, 2.45) is 0 Å². The van der Waals surface area contributed by atoms with Crippen molar-refractivity contribution in [2.75, 3.05) is 0 Å². The van der Waals surface area contributed by atoms with E-state index in [1.54, 1.807) is 13.8 Å². The number of halogens is 2. The summed E-state index contributed by atoms with van der Waals surface area (Å²) in [6.07, 6.45) is -1.37. The second-order valence-corrected chi connectivity index (χ2v) is 1.58. The summed E-state index contributed by atoms with van der Waals surface area (Å²) >= 11 is 0. The first-order valence-corrected chi connectivity index (χ1v) is 2.06. The van der Waals surface area contributed by atoms with Crippen LogP contribution in [0.15, 0.2) is 11.6 Å². The average molecular weight is 106 g/mol. The van der Waals surface area contributed by atoms with E-state index in [0.717, 1.165) is 6.08 Å². The van der Waals surface area contributed by atoms with Crippen LogP contribution in [0.3, 0.4) is 0 Å². The molecule has 0 heterocycles. The normalized spacial score (nSPS) is 9.29. The lowest BCUT2D eigenvalue weighted by Gasteiger charge is -1.86. The van der Waals surface area contributed by atoms with Crippen LogP contribution in [0.4, 0.5) is 8.78 Å². The van der Waals surface area contributed by atoms with Crippen molar-refractivity contribution in [2.45, 2.75) is 20.3 Å².